The lowest BCUT2D eigenvalue weighted by Crippen LogP contribution is -2.47. The van der Waals surface area contributed by atoms with Gasteiger partial charge < -0.3 is 19.7 Å². The van der Waals surface area contributed by atoms with Gasteiger partial charge in [-0.1, -0.05) is 26.2 Å². The van der Waals surface area contributed by atoms with Gasteiger partial charge in [0.15, 0.2) is 0 Å². The van der Waals surface area contributed by atoms with E-state index in [2.05, 4.69) is 17.1 Å². The normalized spacial score (nSPS) is 22.2. The molecule has 1 unspecified atom stereocenters. The van der Waals surface area contributed by atoms with E-state index in [-0.39, 0.29) is 5.91 Å². The SMILES string of the molecule is CCOC1(C(=O)Nc2ccc(OCCCN3CCCC(C)C3)cc2)CCCCC1. The molecule has 1 saturated carbocycles. The standard InChI is InChI=1S/C24H38N2O3/c1-3-29-24(14-5-4-6-15-24)23(27)25-21-10-12-22(13-11-21)28-18-8-17-26-16-7-9-20(2)19-26/h10-13,20H,3-9,14-19H2,1-2H3,(H,25,27). The number of hydrogen-bond donors (Lipinski definition) is 1. The summed E-state index contributed by atoms with van der Waals surface area (Å²) in [6.07, 6.45) is 8.63. The van der Waals surface area contributed by atoms with Gasteiger partial charge >= 0.3 is 0 Å². The number of amides is 1. The molecule has 162 valence electrons. The number of carbonyl (C=O) groups is 1. The number of benzene rings is 1. The molecule has 2 aliphatic rings. The lowest BCUT2D eigenvalue weighted by molar-refractivity contribution is -0.145. The number of nitrogens with zero attached hydrogens (tertiary/aromatic N) is 1. The molecule has 1 saturated heterocycles. The van der Waals surface area contributed by atoms with Gasteiger partial charge in [-0.05, 0) is 75.8 Å². The minimum Gasteiger partial charge on any atom is -0.494 e. The molecule has 0 aromatic heterocycles. The number of piperidine rings is 1. The molecule has 1 amide bonds. The Kier molecular flexibility index (Phi) is 8.37. The average Bonchev–Trinajstić information content (AvgIpc) is 2.73. The third-order valence-electron chi connectivity index (χ3n) is 6.24. The molecule has 3 rings (SSSR count). The van der Waals surface area contributed by atoms with Crippen molar-refractivity contribution in [2.24, 2.45) is 5.92 Å². The van der Waals surface area contributed by atoms with Crippen molar-refractivity contribution in [2.45, 2.75) is 70.8 Å². The van der Waals surface area contributed by atoms with Gasteiger partial charge in [-0.15, -0.1) is 0 Å². The Hall–Kier alpha value is -1.59. The van der Waals surface area contributed by atoms with Gasteiger partial charge in [0.2, 0.25) is 0 Å². The van der Waals surface area contributed by atoms with Crippen molar-refractivity contribution >= 4 is 11.6 Å². The molecule has 1 aliphatic heterocycles. The van der Waals surface area contributed by atoms with E-state index in [0.717, 1.165) is 62.6 Å². The zero-order valence-electron chi connectivity index (χ0n) is 18.3. The van der Waals surface area contributed by atoms with Gasteiger partial charge in [-0.2, -0.15) is 0 Å². The first kappa shape index (κ1) is 22.1. The van der Waals surface area contributed by atoms with Crippen LogP contribution in [0.5, 0.6) is 5.75 Å². The predicted octanol–water partition coefficient (Wildman–Crippen LogP) is 4.87. The van der Waals surface area contributed by atoms with Crippen molar-refractivity contribution in [3.8, 4) is 5.75 Å². The maximum atomic E-state index is 12.9. The third-order valence-corrected chi connectivity index (χ3v) is 6.24. The summed E-state index contributed by atoms with van der Waals surface area (Å²) in [6, 6.07) is 7.71. The van der Waals surface area contributed by atoms with E-state index >= 15 is 0 Å². The second-order valence-corrected chi connectivity index (χ2v) is 8.72. The van der Waals surface area contributed by atoms with Crippen LogP contribution in [0, 0.1) is 5.92 Å². The van der Waals surface area contributed by atoms with Crippen LogP contribution in [0.1, 0.15) is 65.2 Å². The number of carbonyl (C=O) groups excluding carboxylic acids is 1. The molecule has 5 nitrogen and oxygen atoms in total. The summed E-state index contributed by atoms with van der Waals surface area (Å²) < 4.78 is 11.8. The summed E-state index contributed by atoms with van der Waals surface area (Å²) in [6.45, 7) is 9.15. The first-order chi connectivity index (χ1) is 14.1. The average molecular weight is 403 g/mol. The summed E-state index contributed by atoms with van der Waals surface area (Å²) in [7, 11) is 0. The molecule has 1 aliphatic carbocycles. The fourth-order valence-electron chi connectivity index (χ4n) is 4.68. The van der Waals surface area contributed by atoms with E-state index in [1.54, 1.807) is 0 Å². The maximum absolute atomic E-state index is 12.9. The Morgan fingerprint density at radius 1 is 1.17 bits per heavy atom. The molecule has 1 aromatic rings. The van der Waals surface area contributed by atoms with Crippen LogP contribution in [0.15, 0.2) is 24.3 Å². The highest BCUT2D eigenvalue weighted by Gasteiger charge is 2.40. The third kappa shape index (κ3) is 6.45. The fraction of sp³-hybridized carbons (Fsp3) is 0.708. The van der Waals surface area contributed by atoms with Gasteiger partial charge in [0.25, 0.3) is 5.91 Å². The minimum atomic E-state index is -0.659. The van der Waals surface area contributed by atoms with Crippen LogP contribution in [0.3, 0.4) is 0 Å². The number of hydrogen-bond acceptors (Lipinski definition) is 4. The van der Waals surface area contributed by atoms with Crippen molar-refractivity contribution < 1.29 is 14.3 Å². The molecular weight excluding hydrogens is 364 g/mol. The van der Waals surface area contributed by atoms with Crippen LogP contribution in [0.25, 0.3) is 0 Å². The maximum Gasteiger partial charge on any atom is 0.256 e. The predicted molar refractivity (Wildman–Crippen MR) is 117 cm³/mol. The molecule has 0 radical (unpaired) electrons. The van der Waals surface area contributed by atoms with Crippen LogP contribution in [-0.4, -0.2) is 49.3 Å². The molecule has 5 heteroatoms. The largest absolute Gasteiger partial charge is 0.494 e. The summed E-state index contributed by atoms with van der Waals surface area (Å²) in [5.41, 5.74) is 0.142. The highest BCUT2D eigenvalue weighted by atomic mass is 16.5. The number of anilines is 1. The summed E-state index contributed by atoms with van der Waals surface area (Å²) in [5, 5.41) is 3.05. The van der Waals surface area contributed by atoms with Crippen molar-refractivity contribution in [2.75, 3.05) is 38.2 Å². The van der Waals surface area contributed by atoms with Gasteiger partial charge in [0.05, 0.1) is 6.61 Å². The smallest absolute Gasteiger partial charge is 0.256 e. The Morgan fingerprint density at radius 3 is 2.62 bits per heavy atom. The summed E-state index contributed by atoms with van der Waals surface area (Å²) in [5.74, 6) is 1.67. The van der Waals surface area contributed by atoms with Crippen LogP contribution in [0.2, 0.25) is 0 Å². The highest BCUT2D eigenvalue weighted by molar-refractivity contribution is 5.97. The fourth-order valence-corrected chi connectivity index (χ4v) is 4.68. The van der Waals surface area contributed by atoms with E-state index in [9.17, 15) is 4.79 Å². The number of nitrogens with one attached hydrogen (secondary N) is 1. The second-order valence-electron chi connectivity index (χ2n) is 8.72. The molecule has 1 aromatic carbocycles. The lowest BCUT2D eigenvalue weighted by atomic mass is 9.83. The summed E-state index contributed by atoms with van der Waals surface area (Å²) in [4.78, 5) is 15.4. The highest BCUT2D eigenvalue weighted by Crippen LogP contribution is 2.33. The monoisotopic (exact) mass is 402 g/mol. The Labute approximate surface area is 176 Å². The van der Waals surface area contributed by atoms with Crippen LogP contribution in [0.4, 0.5) is 5.69 Å². The quantitative estimate of drug-likeness (QED) is 0.599. The Balaban J connectivity index is 1.42. The number of rotatable bonds is 9. The molecule has 1 atom stereocenters. The number of ether oxygens (including phenoxy) is 2. The van der Waals surface area contributed by atoms with Crippen molar-refractivity contribution in [1.29, 1.82) is 0 Å². The second kappa shape index (κ2) is 11.0. The molecule has 2 fully saturated rings. The van der Waals surface area contributed by atoms with Gasteiger partial charge in [-0.3, -0.25) is 4.79 Å². The zero-order valence-corrected chi connectivity index (χ0v) is 18.3. The van der Waals surface area contributed by atoms with Crippen LogP contribution >= 0.6 is 0 Å². The Morgan fingerprint density at radius 2 is 1.93 bits per heavy atom. The topological polar surface area (TPSA) is 50.8 Å². The first-order valence-corrected chi connectivity index (χ1v) is 11.5. The van der Waals surface area contributed by atoms with Gasteiger partial charge in [-0.25, -0.2) is 0 Å². The lowest BCUT2D eigenvalue weighted by Gasteiger charge is -2.35. The first-order valence-electron chi connectivity index (χ1n) is 11.5. The molecule has 29 heavy (non-hydrogen) atoms. The van der Waals surface area contributed by atoms with Crippen LogP contribution < -0.4 is 10.1 Å². The molecule has 0 spiro atoms. The van der Waals surface area contributed by atoms with E-state index in [4.69, 9.17) is 9.47 Å². The minimum absolute atomic E-state index is 0.0107. The van der Waals surface area contributed by atoms with E-state index in [1.807, 2.05) is 31.2 Å². The van der Waals surface area contributed by atoms with Crippen molar-refractivity contribution in [3.05, 3.63) is 24.3 Å². The summed E-state index contributed by atoms with van der Waals surface area (Å²) >= 11 is 0. The van der Waals surface area contributed by atoms with Crippen molar-refractivity contribution in [1.82, 2.24) is 4.90 Å². The molecule has 0 bridgehead atoms. The molecular formula is C24H38N2O3. The Bertz CT molecular complexity index is 620. The van der Waals surface area contributed by atoms with E-state index < -0.39 is 5.60 Å². The van der Waals surface area contributed by atoms with Gasteiger partial charge in [0, 0.05) is 25.4 Å². The van der Waals surface area contributed by atoms with E-state index in [0.29, 0.717) is 6.61 Å². The molecule has 1 heterocycles. The zero-order chi connectivity index (χ0) is 20.5. The van der Waals surface area contributed by atoms with Gasteiger partial charge in [0.1, 0.15) is 11.4 Å². The molecule has 1 N–H and O–H groups in total. The van der Waals surface area contributed by atoms with E-state index in [1.165, 1.54) is 32.4 Å². The van der Waals surface area contributed by atoms with Crippen molar-refractivity contribution in [3.63, 3.8) is 0 Å². The number of likely N-dealkylation sites (tertiary alicyclic amines) is 1. The van der Waals surface area contributed by atoms with Crippen LogP contribution in [-0.2, 0) is 9.53 Å².